The van der Waals surface area contributed by atoms with E-state index in [0.29, 0.717) is 13.2 Å². The zero-order valence-corrected chi connectivity index (χ0v) is 12.5. The average molecular weight is 298 g/mol. The van der Waals surface area contributed by atoms with Crippen molar-refractivity contribution in [1.82, 2.24) is 4.72 Å². The van der Waals surface area contributed by atoms with Gasteiger partial charge >= 0.3 is 0 Å². The Morgan fingerprint density at radius 1 is 1.40 bits per heavy atom. The Morgan fingerprint density at radius 2 is 2.20 bits per heavy atom. The second-order valence-electron chi connectivity index (χ2n) is 5.23. The van der Waals surface area contributed by atoms with Gasteiger partial charge in [-0.15, -0.1) is 0 Å². The molecule has 2 rings (SSSR count). The number of nitrogens with one attached hydrogen (secondary N) is 1. The Kier molecular flexibility index (Phi) is 5.15. The van der Waals surface area contributed by atoms with Crippen molar-refractivity contribution in [3.05, 3.63) is 29.8 Å². The van der Waals surface area contributed by atoms with Crippen LogP contribution in [-0.4, -0.2) is 28.1 Å². The summed E-state index contributed by atoms with van der Waals surface area (Å²) in [5.41, 5.74) is 6.54. The van der Waals surface area contributed by atoms with Crippen LogP contribution in [0, 0.1) is 5.92 Å². The monoisotopic (exact) mass is 298 g/mol. The van der Waals surface area contributed by atoms with Gasteiger partial charge in [0.25, 0.3) is 0 Å². The van der Waals surface area contributed by atoms with Crippen molar-refractivity contribution in [3.63, 3.8) is 0 Å². The second kappa shape index (κ2) is 6.67. The Morgan fingerprint density at radius 3 is 2.90 bits per heavy atom. The van der Waals surface area contributed by atoms with Gasteiger partial charge in [-0.2, -0.15) is 0 Å². The Hall–Kier alpha value is -0.950. The van der Waals surface area contributed by atoms with E-state index in [2.05, 4.69) is 4.72 Å². The summed E-state index contributed by atoms with van der Waals surface area (Å²) in [6, 6.07) is 6.79. The van der Waals surface area contributed by atoms with Crippen molar-refractivity contribution in [2.75, 3.05) is 13.7 Å². The number of sulfonamides is 1. The van der Waals surface area contributed by atoms with Crippen LogP contribution in [0.1, 0.15) is 24.8 Å². The number of ether oxygens (including phenoxy) is 1. The molecule has 1 aliphatic carbocycles. The first-order chi connectivity index (χ1) is 9.56. The fourth-order valence-corrected chi connectivity index (χ4v) is 4.12. The van der Waals surface area contributed by atoms with Crippen molar-refractivity contribution in [2.24, 2.45) is 11.7 Å². The van der Waals surface area contributed by atoms with Gasteiger partial charge in [0.15, 0.2) is 0 Å². The summed E-state index contributed by atoms with van der Waals surface area (Å²) in [5, 5.41) is 0. The van der Waals surface area contributed by atoms with Gasteiger partial charge in [0.2, 0.25) is 10.0 Å². The highest BCUT2D eigenvalue weighted by Crippen LogP contribution is 2.26. The van der Waals surface area contributed by atoms with Gasteiger partial charge < -0.3 is 10.5 Å². The first-order valence-corrected chi connectivity index (χ1v) is 8.35. The third-order valence-corrected chi connectivity index (χ3v) is 5.28. The first kappa shape index (κ1) is 15.4. The molecular formula is C14H22N2O3S. The highest BCUT2D eigenvalue weighted by Gasteiger charge is 2.30. The van der Waals surface area contributed by atoms with E-state index in [-0.39, 0.29) is 16.9 Å². The quantitative estimate of drug-likeness (QED) is 0.828. The van der Waals surface area contributed by atoms with Crippen molar-refractivity contribution < 1.29 is 13.2 Å². The summed E-state index contributed by atoms with van der Waals surface area (Å²) in [6.45, 7) is 0.926. The molecular weight excluding hydrogens is 276 g/mol. The number of benzene rings is 1. The standard InChI is InChI=1S/C14H22N2O3S/c1-19-10-11-4-2-6-13(8-11)20(17,18)16-14-7-3-5-12(14)9-15/h2,4,6,8,12,14,16H,3,5,7,9-10,15H2,1H3. The maximum atomic E-state index is 12.4. The van der Waals surface area contributed by atoms with Crippen molar-refractivity contribution in [1.29, 1.82) is 0 Å². The minimum absolute atomic E-state index is 0.0453. The molecule has 1 aromatic rings. The molecule has 1 aliphatic rings. The van der Waals surface area contributed by atoms with Gasteiger partial charge in [0.1, 0.15) is 0 Å². The molecule has 0 radical (unpaired) electrons. The topological polar surface area (TPSA) is 81.4 Å². The van der Waals surface area contributed by atoms with Crippen LogP contribution in [-0.2, 0) is 21.4 Å². The van der Waals surface area contributed by atoms with Crippen LogP contribution in [0.5, 0.6) is 0 Å². The van der Waals surface area contributed by atoms with Gasteiger partial charge in [-0.3, -0.25) is 0 Å². The van der Waals surface area contributed by atoms with E-state index in [1.165, 1.54) is 0 Å². The van der Waals surface area contributed by atoms with E-state index in [4.69, 9.17) is 10.5 Å². The Balaban J connectivity index is 2.15. The third-order valence-electron chi connectivity index (χ3n) is 3.79. The maximum Gasteiger partial charge on any atom is 0.240 e. The van der Waals surface area contributed by atoms with Gasteiger partial charge in [0, 0.05) is 13.2 Å². The Labute approximate surface area is 120 Å². The number of hydrogen-bond donors (Lipinski definition) is 2. The average Bonchev–Trinajstić information content (AvgIpc) is 2.86. The van der Waals surface area contributed by atoms with Crippen molar-refractivity contribution in [3.8, 4) is 0 Å². The molecule has 0 amide bonds. The molecule has 0 spiro atoms. The van der Waals surface area contributed by atoms with Crippen LogP contribution in [0.15, 0.2) is 29.2 Å². The minimum atomic E-state index is -3.49. The summed E-state index contributed by atoms with van der Waals surface area (Å²) < 4.78 is 32.7. The lowest BCUT2D eigenvalue weighted by atomic mass is 10.1. The van der Waals surface area contributed by atoms with Crippen LogP contribution < -0.4 is 10.5 Å². The molecule has 1 fully saturated rings. The molecule has 20 heavy (non-hydrogen) atoms. The van der Waals surface area contributed by atoms with Gasteiger partial charge in [-0.1, -0.05) is 18.6 Å². The molecule has 112 valence electrons. The van der Waals surface area contributed by atoms with Crippen molar-refractivity contribution in [2.45, 2.75) is 36.8 Å². The highest BCUT2D eigenvalue weighted by atomic mass is 32.2. The normalized spacial score (nSPS) is 23.1. The molecule has 2 unspecified atom stereocenters. The third kappa shape index (κ3) is 3.58. The molecule has 1 saturated carbocycles. The lowest BCUT2D eigenvalue weighted by Crippen LogP contribution is -2.39. The molecule has 6 heteroatoms. The summed E-state index contributed by atoms with van der Waals surface area (Å²) in [4.78, 5) is 0.287. The van der Waals surface area contributed by atoms with E-state index in [1.54, 1.807) is 25.3 Å². The highest BCUT2D eigenvalue weighted by molar-refractivity contribution is 7.89. The predicted octanol–water partition coefficient (Wildman–Crippen LogP) is 1.24. The van der Waals surface area contributed by atoms with E-state index >= 15 is 0 Å². The Bertz CT molecular complexity index is 545. The molecule has 0 aromatic heterocycles. The smallest absolute Gasteiger partial charge is 0.240 e. The van der Waals surface area contributed by atoms with E-state index in [9.17, 15) is 8.42 Å². The summed E-state index contributed by atoms with van der Waals surface area (Å²) in [6.07, 6.45) is 2.88. The summed E-state index contributed by atoms with van der Waals surface area (Å²) in [7, 11) is -1.90. The van der Waals surface area contributed by atoms with Gasteiger partial charge in [-0.05, 0) is 43.0 Å². The van der Waals surface area contributed by atoms with Crippen LogP contribution in [0.25, 0.3) is 0 Å². The zero-order chi connectivity index (χ0) is 14.6. The number of methoxy groups -OCH3 is 1. The summed E-state index contributed by atoms with van der Waals surface area (Å²) in [5.74, 6) is 0.243. The van der Waals surface area contributed by atoms with Gasteiger partial charge in [-0.25, -0.2) is 13.1 Å². The van der Waals surface area contributed by atoms with E-state index < -0.39 is 10.0 Å². The van der Waals surface area contributed by atoms with Crippen LogP contribution in [0.3, 0.4) is 0 Å². The lowest BCUT2D eigenvalue weighted by molar-refractivity contribution is 0.184. The predicted molar refractivity (Wildman–Crippen MR) is 77.7 cm³/mol. The van der Waals surface area contributed by atoms with E-state index in [0.717, 1.165) is 24.8 Å². The minimum Gasteiger partial charge on any atom is -0.380 e. The lowest BCUT2D eigenvalue weighted by Gasteiger charge is -2.19. The zero-order valence-electron chi connectivity index (χ0n) is 11.7. The second-order valence-corrected chi connectivity index (χ2v) is 6.95. The molecule has 0 heterocycles. The molecule has 2 atom stereocenters. The van der Waals surface area contributed by atoms with E-state index in [1.807, 2.05) is 6.07 Å². The molecule has 3 N–H and O–H groups in total. The number of nitrogens with two attached hydrogens (primary N) is 1. The molecule has 5 nitrogen and oxygen atoms in total. The number of hydrogen-bond acceptors (Lipinski definition) is 4. The fraction of sp³-hybridized carbons (Fsp3) is 0.571. The van der Waals surface area contributed by atoms with Crippen molar-refractivity contribution >= 4 is 10.0 Å². The molecule has 0 bridgehead atoms. The molecule has 1 aromatic carbocycles. The van der Waals surface area contributed by atoms with Gasteiger partial charge in [0.05, 0.1) is 11.5 Å². The SMILES string of the molecule is COCc1cccc(S(=O)(=O)NC2CCCC2CN)c1. The van der Waals surface area contributed by atoms with Crippen LogP contribution in [0.2, 0.25) is 0 Å². The molecule has 0 saturated heterocycles. The van der Waals surface area contributed by atoms with Crippen LogP contribution >= 0.6 is 0 Å². The maximum absolute atomic E-state index is 12.4. The molecule has 0 aliphatic heterocycles. The largest absolute Gasteiger partial charge is 0.380 e. The first-order valence-electron chi connectivity index (χ1n) is 6.87. The fourth-order valence-electron chi connectivity index (χ4n) is 2.71. The number of rotatable bonds is 6. The summed E-state index contributed by atoms with van der Waals surface area (Å²) >= 11 is 0. The van der Waals surface area contributed by atoms with Crippen LogP contribution in [0.4, 0.5) is 0 Å².